The Hall–Kier alpha value is -3.28. The van der Waals surface area contributed by atoms with Gasteiger partial charge in [-0.15, -0.1) is 11.3 Å². The average Bonchev–Trinajstić information content (AvgIpc) is 3.66. The first-order valence-corrected chi connectivity index (χ1v) is 13.5. The number of amides is 2. The second kappa shape index (κ2) is 11.0. The lowest BCUT2D eigenvalue weighted by atomic mass is 10.0. The van der Waals surface area contributed by atoms with Gasteiger partial charge in [-0.1, -0.05) is 29.4 Å². The van der Waals surface area contributed by atoms with Crippen LogP contribution in [-0.4, -0.2) is 70.7 Å². The number of carbonyl (C=O) groups is 2. The monoisotopic (exact) mass is 523 g/mol. The van der Waals surface area contributed by atoms with Crippen molar-refractivity contribution in [2.24, 2.45) is 0 Å². The number of nitrogens with zero attached hydrogens (tertiary/aromatic N) is 5. The third-order valence-corrected chi connectivity index (χ3v) is 8.07. The van der Waals surface area contributed by atoms with Crippen LogP contribution < -0.4 is 10.2 Å². The average molecular weight is 524 g/mol. The number of hydrogen-bond acceptors (Lipinski definition) is 9. The summed E-state index contributed by atoms with van der Waals surface area (Å²) in [6.45, 7) is 6.47. The lowest BCUT2D eigenvalue weighted by molar-refractivity contribution is -0.138. The van der Waals surface area contributed by atoms with E-state index in [0.29, 0.717) is 50.7 Å². The van der Waals surface area contributed by atoms with E-state index < -0.39 is 6.04 Å². The van der Waals surface area contributed by atoms with Crippen molar-refractivity contribution in [2.75, 3.05) is 37.6 Å². The minimum Gasteiger partial charge on any atom is -0.785 e. The van der Waals surface area contributed by atoms with Gasteiger partial charge in [-0.05, 0) is 37.8 Å². The normalized spacial score (nSPS) is 19.3. The summed E-state index contributed by atoms with van der Waals surface area (Å²) in [4.78, 5) is 35.3. The van der Waals surface area contributed by atoms with Gasteiger partial charge in [-0.25, -0.2) is 4.98 Å². The van der Waals surface area contributed by atoms with Crippen LogP contribution in [0, 0.1) is 12.1 Å². The first kappa shape index (κ1) is 25.4. The Morgan fingerprint density at radius 1 is 1.19 bits per heavy atom. The smallest absolute Gasteiger partial charge is 0.243 e. The third kappa shape index (κ3) is 5.68. The quantitative estimate of drug-likeness (QED) is 0.502. The van der Waals surface area contributed by atoms with Crippen molar-refractivity contribution >= 4 is 29.0 Å². The van der Waals surface area contributed by atoms with Gasteiger partial charge in [0.1, 0.15) is 11.8 Å². The fraction of sp³-hybridized carbons (Fsp3) is 0.462. The molecule has 37 heavy (non-hydrogen) atoms. The molecule has 3 aromatic rings. The molecule has 0 aliphatic carbocycles. The summed E-state index contributed by atoms with van der Waals surface area (Å²) in [5.74, 6) is 0.799. The third-order valence-electron chi connectivity index (χ3n) is 7.09. The summed E-state index contributed by atoms with van der Waals surface area (Å²) in [7, 11) is 0. The molecule has 2 fully saturated rings. The van der Waals surface area contributed by atoms with Crippen LogP contribution >= 0.6 is 11.3 Å². The molecule has 4 heterocycles. The fourth-order valence-electron chi connectivity index (χ4n) is 4.94. The van der Waals surface area contributed by atoms with E-state index in [4.69, 9.17) is 4.52 Å². The van der Waals surface area contributed by atoms with E-state index >= 15 is 0 Å². The Labute approximate surface area is 219 Å². The zero-order chi connectivity index (χ0) is 25.9. The number of aromatic nitrogens is 2. The summed E-state index contributed by atoms with van der Waals surface area (Å²) in [6, 6.07) is 9.22. The van der Waals surface area contributed by atoms with Gasteiger partial charge in [0.05, 0.1) is 28.5 Å². The summed E-state index contributed by atoms with van der Waals surface area (Å²) in [6.07, 6.45) is 1.46. The number of likely N-dealkylation sites (tertiary alicyclic amines) is 1. The summed E-state index contributed by atoms with van der Waals surface area (Å²) >= 11 is 1.61. The number of benzene rings is 1. The van der Waals surface area contributed by atoms with Gasteiger partial charge in [-0.3, -0.25) is 9.59 Å². The highest BCUT2D eigenvalue weighted by Gasteiger charge is 2.35. The van der Waals surface area contributed by atoms with Crippen molar-refractivity contribution in [3.63, 3.8) is 0 Å². The molecule has 2 atom stereocenters. The molecule has 0 bridgehead atoms. The predicted molar refractivity (Wildman–Crippen MR) is 141 cm³/mol. The van der Waals surface area contributed by atoms with Gasteiger partial charge < -0.3 is 29.9 Å². The number of anilines is 1. The molecule has 196 valence electrons. The Balaban J connectivity index is 1.17. The molecule has 10 nitrogen and oxygen atoms in total. The van der Waals surface area contributed by atoms with Crippen LogP contribution in [0.15, 0.2) is 40.4 Å². The van der Waals surface area contributed by atoms with Crippen LogP contribution in [-0.2, 0) is 16.0 Å². The van der Waals surface area contributed by atoms with Gasteiger partial charge in [0.25, 0.3) is 0 Å². The van der Waals surface area contributed by atoms with Crippen LogP contribution in [0.3, 0.4) is 0 Å². The molecule has 0 spiro atoms. The van der Waals surface area contributed by atoms with E-state index in [9.17, 15) is 14.8 Å². The van der Waals surface area contributed by atoms with Crippen molar-refractivity contribution in [1.29, 1.82) is 0 Å². The molecule has 1 N–H and O–H groups in total. The minimum absolute atomic E-state index is 0.0479. The van der Waals surface area contributed by atoms with Crippen LogP contribution in [0.4, 0.5) is 5.82 Å². The summed E-state index contributed by atoms with van der Waals surface area (Å²) in [5, 5.41) is 19.6. The van der Waals surface area contributed by atoms with Gasteiger partial charge in [0.2, 0.25) is 11.8 Å². The molecule has 2 aromatic heterocycles. The molecule has 2 saturated heterocycles. The lowest BCUT2D eigenvalue weighted by Crippen LogP contribution is -2.47. The highest BCUT2D eigenvalue weighted by atomic mass is 32.1. The fourth-order valence-corrected chi connectivity index (χ4v) is 5.75. The Morgan fingerprint density at radius 3 is 2.65 bits per heavy atom. The largest absolute Gasteiger partial charge is 0.785 e. The van der Waals surface area contributed by atoms with E-state index in [1.54, 1.807) is 22.3 Å². The molecule has 2 unspecified atom stereocenters. The number of carbonyl (C=O) groups excluding carboxylic acids is 2. The number of hydrogen-bond donors (Lipinski definition) is 1. The molecule has 2 aliphatic rings. The number of rotatable bonds is 7. The first-order valence-electron chi connectivity index (χ1n) is 12.6. The van der Waals surface area contributed by atoms with Gasteiger partial charge in [-0.2, -0.15) is 0 Å². The molecular weight excluding hydrogens is 492 g/mol. The van der Waals surface area contributed by atoms with Crippen LogP contribution in [0.2, 0.25) is 0 Å². The van der Waals surface area contributed by atoms with Crippen molar-refractivity contribution in [3.8, 4) is 10.4 Å². The predicted octanol–water partition coefficient (Wildman–Crippen LogP) is 3.14. The van der Waals surface area contributed by atoms with Crippen LogP contribution in [0.1, 0.15) is 42.8 Å². The highest BCUT2D eigenvalue weighted by Crippen LogP contribution is 2.28. The summed E-state index contributed by atoms with van der Waals surface area (Å²) in [5.41, 5.74) is 4.96. The molecule has 0 radical (unpaired) electrons. The van der Waals surface area contributed by atoms with Crippen LogP contribution in [0.25, 0.3) is 10.4 Å². The maximum atomic E-state index is 13.1. The first-order chi connectivity index (χ1) is 17.9. The van der Waals surface area contributed by atoms with Crippen molar-refractivity contribution < 1.29 is 14.1 Å². The topological polar surface area (TPSA) is 118 Å². The molecular formula is C26H31N6O4S-. The van der Waals surface area contributed by atoms with E-state index in [1.807, 2.05) is 36.4 Å². The van der Waals surface area contributed by atoms with E-state index in [1.165, 1.54) is 0 Å². The number of aryl methyl sites for hydroxylation is 1. The number of hydroxylamine groups is 2. The van der Waals surface area contributed by atoms with Gasteiger partial charge in [0, 0.05) is 38.8 Å². The maximum Gasteiger partial charge on any atom is 0.243 e. The highest BCUT2D eigenvalue weighted by molar-refractivity contribution is 7.13. The number of piperazine rings is 1. The van der Waals surface area contributed by atoms with Crippen LogP contribution in [0.5, 0.6) is 0 Å². The lowest BCUT2D eigenvalue weighted by Gasteiger charge is -2.38. The maximum absolute atomic E-state index is 13.1. The standard InChI is InChI=1S/C26H31N6O4S/c1-17(19-5-7-20(8-6-19)25-18(2)27-16-37-25)28-26(34)22-4-3-9-32(22)24(33)15-21-14-23(29-36-21)30-10-12-31(35)13-11-30/h5-8,14,16-17,22H,3-4,9-13,15H2,1-2H3,(H,28,34)/q-1. The van der Waals surface area contributed by atoms with E-state index in [0.717, 1.165) is 33.2 Å². The molecule has 5 rings (SSSR count). The zero-order valence-electron chi connectivity index (χ0n) is 21.1. The molecule has 1 aromatic carbocycles. The molecule has 11 heteroatoms. The second-order valence-electron chi connectivity index (χ2n) is 9.61. The minimum atomic E-state index is -0.499. The van der Waals surface area contributed by atoms with Gasteiger partial charge >= 0.3 is 0 Å². The van der Waals surface area contributed by atoms with E-state index in [2.05, 4.69) is 27.6 Å². The number of nitrogens with one attached hydrogen (secondary N) is 1. The van der Waals surface area contributed by atoms with E-state index in [-0.39, 0.29) is 24.3 Å². The molecule has 2 aliphatic heterocycles. The van der Waals surface area contributed by atoms with Crippen molar-refractivity contribution in [2.45, 2.75) is 45.2 Å². The Bertz CT molecular complexity index is 1230. The molecule has 0 saturated carbocycles. The molecule has 2 amide bonds. The second-order valence-corrected chi connectivity index (χ2v) is 10.5. The Kier molecular flexibility index (Phi) is 7.54. The van der Waals surface area contributed by atoms with Gasteiger partial charge in [0.15, 0.2) is 5.82 Å². The Morgan fingerprint density at radius 2 is 1.95 bits per heavy atom. The summed E-state index contributed by atoms with van der Waals surface area (Å²) < 4.78 is 5.40. The SMILES string of the molecule is Cc1ncsc1-c1ccc(C(C)NC(=O)C2CCCN2C(=O)Cc2cc(N3CCN([O-])CC3)no2)cc1. The van der Waals surface area contributed by atoms with Crippen molar-refractivity contribution in [3.05, 3.63) is 58.1 Å². The number of thiazole rings is 1. The van der Waals surface area contributed by atoms with Crippen molar-refractivity contribution in [1.82, 2.24) is 25.4 Å². The zero-order valence-corrected chi connectivity index (χ0v) is 21.9.